The maximum Gasteiger partial charge on any atom is 0.244 e. The Kier molecular flexibility index (Phi) is 9.17. The average molecular weight is 927 g/mol. The molecule has 4 aliphatic heterocycles. The Morgan fingerprint density at radius 3 is 0.931 bits per heavy atom. The summed E-state index contributed by atoms with van der Waals surface area (Å²) in [6.45, 7) is 33.1. The van der Waals surface area contributed by atoms with Gasteiger partial charge in [0.2, 0.25) is 13.4 Å². The normalized spacial score (nSPS) is 13.6. The topological polar surface area (TPSA) is 0 Å². The molecule has 0 unspecified atom stereocenters. The fourth-order valence-corrected chi connectivity index (χ4v) is 15.1. The molecule has 0 nitrogen and oxygen atoms in total. The van der Waals surface area contributed by atoms with E-state index in [-0.39, 0.29) is 13.4 Å². The summed E-state index contributed by atoms with van der Waals surface area (Å²) >= 11 is 0. The minimum atomic E-state index is 0.133. The number of aryl methyl sites for hydroxylation is 6. The second-order valence-electron chi connectivity index (χ2n) is 24.3. The van der Waals surface area contributed by atoms with Crippen molar-refractivity contribution in [3.8, 4) is 66.8 Å². The Labute approximate surface area is 428 Å². The molecular weight excluding hydrogens is 862 g/mol. The van der Waals surface area contributed by atoms with E-state index in [0.717, 1.165) is 0 Å². The first-order chi connectivity index (χ1) is 34.5. The molecule has 0 saturated heterocycles. The molecule has 4 heterocycles. The van der Waals surface area contributed by atoms with Crippen molar-refractivity contribution >= 4 is 78.5 Å². The number of hydrogen-bond donors (Lipinski definition) is 0. The van der Waals surface area contributed by atoms with Crippen molar-refractivity contribution in [1.82, 2.24) is 0 Å². The smallest absolute Gasteiger partial charge is 0.0661 e. The van der Waals surface area contributed by atoms with E-state index in [1.807, 2.05) is 0 Å². The fraction of sp³-hybridized carbons (Fsp3) is 0.257. The third-order valence-electron chi connectivity index (χ3n) is 18.3. The predicted molar refractivity (Wildman–Crippen MR) is 317 cm³/mol. The van der Waals surface area contributed by atoms with Gasteiger partial charge in [-0.05, 0) is 221 Å². The van der Waals surface area contributed by atoms with Crippen molar-refractivity contribution in [2.45, 2.75) is 121 Å². The largest absolute Gasteiger partial charge is 0.244 e. The van der Waals surface area contributed by atoms with E-state index in [9.17, 15) is 0 Å². The van der Waals surface area contributed by atoms with Crippen LogP contribution in [-0.4, -0.2) is 13.4 Å². The van der Waals surface area contributed by atoms with Crippen LogP contribution in [0.4, 0.5) is 0 Å². The van der Waals surface area contributed by atoms with Gasteiger partial charge in [-0.25, -0.2) is 0 Å². The Morgan fingerprint density at radius 1 is 0.278 bits per heavy atom. The lowest BCUT2D eigenvalue weighted by Crippen LogP contribution is -2.53. The van der Waals surface area contributed by atoms with Gasteiger partial charge in [0, 0.05) is 0 Å². The number of rotatable bonds is 6. The van der Waals surface area contributed by atoms with Crippen LogP contribution in [0.3, 0.4) is 0 Å². The third-order valence-corrected chi connectivity index (χ3v) is 18.3. The zero-order valence-electron chi connectivity index (χ0n) is 44.9. The van der Waals surface area contributed by atoms with Gasteiger partial charge in [-0.1, -0.05) is 196 Å². The van der Waals surface area contributed by atoms with Crippen LogP contribution in [-0.2, 0) is 0 Å². The summed E-state index contributed by atoms with van der Waals surface area (Å²) in [7, 11) is 0. The summed E-state index contributed by atoms with van der Waals surface area (Å²) in [5.41, 5.74) is 39.4. The van der Waals surface area contributed by atoms with Gasteiger partial charge in [-0.2, -0.15) is 0 Å². The molecule has 0 bridgehead atoms. The molecule has 0 saturated carbocycles. The average Bonchev–Trinajstić information content (AvgIpc) is 3.84. The Morgan fingerprint density at radius 2 is 0.597 bits per heavy atom. The van der Waals surface area contributed by atoms with E-state index in [0.29, 0.717) is 23.7 Å². The monoisotopic (exact) mass is 927 g/mol. The molecule has 2 heteroatoms. The van der Waals surface area contributed by atoms with Crippen LogP contribution >= 0.6 is 0 Å². The van der Waals surface area contributed by atoms with E-state index < -0.39 is 0 Å². The second-order valence-corrected chi connectivity index (χ2v) is 24.3. The summed E-state index contributed by atoms with van der Waals surface area (Å²) in [5, 5.41) is 8.60. The second kappa shape index (κ2) is 15.0. The van der Waals surface area contributed by atoms with Crippen molar-refractivity contribution in [2.75, 3.05) is 0 Å². The quantitative estimate of drug-likeness (QED) is 0.115. The highest BCUT2D eigenvalue weighted by Gasteiger charge is 2.45. The van der Waals surface area contributed by atoms with Crippen LogP contribution in [0.15, 0.2) is 109 Å². The van der Waals surface area contributed by atoms with E-state index in [1.165, 1.54) is 187 Å². The van der Waals surface area contributed by atoms with Crippen LogP contribution in [0.1, 0.15) is 135 Å². The molecule has 350 valence electrons. The van der Waals surface area contributed by atoms with E-state index >= 15 is 0 Å². The van der Waals surface area contributed by atoms with Crippen LogP contribution in [0.5, 0.6) is 0 Å². The number of fused-ring (bicyclic) bond motifs is 10. The van der Waals surface area contributed by atoms with Gasteiger partial charge in [0.1, 0.15) is 0 Å². The summed E-state index contributed by atoms with van der Waals surface area (Å²) in [5.74, 6) is 1.68. The van der Waals surface area contributed by atoms with Crippen molar-refractivity contribution in [2.24, 2.45) is 0 Å². The molecule has 0 N–H and O–H groups in total. The minimum Gasteiger partial charge on any atom is -0.0661 e. The van der Waals surface area contributed by atoms with E-state index in [1.54, 1.807) is 0 Å². The zero-order valence-corrected chi connectivity index (χ0v) is 44.9. The fourth-order valence-electron chi connectivity index (χ4n) is 15.1. The van der Waals surface area contributed by atoms with Crippen molar-refractivity contribution < 1.29 is 0 Å². The first-order valence-corrected chi connectivity index (χ1v) is 27.2. The van der Waals surface area contributed by atoms with Crippen LogP contribution < -0.4 is 32.8 Å². The third kappa shape index (κ3) is 5.73. The molecule has 0 radical (unpaired) electrons. The first-order valence-electron chi connectivity index (χ1n) is 27.2. The molecule has 0 fully saturated rings. The maximum atomic E-state index is 2.73. The summed E-state index contributed by atoms with van der Waals surface area (Å²) in [4.78, 5) is 0. The Bertz CT molecular complexity index is 3800. The van der Waals surface area contributed by atoms with Gasteiger partial charge >= 0.3 is 0 Å². The molecule has 72 heavy (non-hydrogen) atoms. The number of hydrogen-bond acceptors (Lipinski definition) is 0. The number of benzene rings is 10. The zero-order chi connectivity index (χ0) is 49.8. The SMILES string of the molecule is Cc1cc(C)c(-c2cc3c4c(cc5c(-c6c(C)cc(C)cc6C)cc6c7c(cc2c4c57)B2c4ccc(C(C)C)cc4-c4cc(C(C)C)cc-6c42)B2c4ccc(C(C)C)cc4-c4cc(C(C)C)cc-3c42)c(C)c1. The van der Waals surface area contributed by atoms with Gasteiger partial charge < -0.3 is 0 Å². The molecule has 0 aromatic heterocycles. The Balaban J connectivity index is 1.25. The summed E-state index contributed by atoms with van der Waals surface area (Å²) in [6.07, 6.45) is 0. The van der Waals surface area contributed by atoms with E-state index in [2.05, 4.69) is 206 Å². The first kappa shape index (κ1) is 44.1. The molecule has 0 aliphatic carbocycles. The highest BCUT2D eigenvalue weighted by atomic mass is 14.4. The van der Waals surface area contributed by atoms with Gasteiger partial charge in [0.05, 0.1) is 0 Å². The summed E-state index contributed by atoms with van der Waals surface area (Å²) in [6, 6.07) is 45.8. The molecule has 10 aromatic rings. The molecule has 0 amide bonds. The lowest BCUT2D eigenvalue weighted by molar-refractivity contribution is 0.866. The van der Waals surface area contributed by atoms with Crippen molar-refractivity contribution in [1.29, 1.82) is 0 Å². The highest BCUT2D eigenvalue weighted by Crippen LogP contribution is 2.53. The van der Waals surface area contributed by atoms with Gasteiger partial charge in [-0.3, -0.25) is 0 Å². The summed E-state index contributed by atoms with van der Waals surface area (Å²) < 4.78 is 0. The van der Waals surface area contributed by atoms with Crippen LogP contribution in [0, 0.1) is 41.5 Å². The van der Waals surface area contributed by atoms with Gasteiger partial charge in [0.25, 0.3) is 0 Å². The van der Waals surface area contributed by atoms with Gasteiger partial charge in [-0.15, -0.1) is 0 Å². The molecule has 0 spiro atoms. The van der Waals surface area contributed by atoms with Gasteiger partial charge in [0.15, 0.2) is 0 Å². The Hall–Kier alpha value is -6.63. The molecule has 10 aromatic carbocycles. The lowest BCUT2D eigenvalue weighted by atomic mass is 9.34. The van der Waals surface area contributed by atoms with Crippen LogP contribution in [0.25, 0.3) is 99.1 Å². The highest BCUT2D eigenvalue weighted by molar-refractivity contribution is 7.03. The lowest BCUT2D eigenvalue weighted by Gasteiger charge is -2.33. The maximum absolute atomic E-state index is 2.73. The molecule has 0 atom stereocenters. The standard InChI is InChI=1S/C70H64B2/c1-33(2)43-15-17-59-47(23-43)55-25-45(35(5)6)27-57-51-29-49(63-39(11)19-37(9)20-40(63)12)54-32-62-66-52(58-28-46(36(7)8)26-56-48-24-44(34(3)4)16-18-60(48)72(62)70(56)58)30-50(64-41(13)21-38(10)22-42(64)14)53-31-61(71(59)69(55)57)65(51)67(54)68(53)66/h15-36H,1-14H3. The van der Waals surface area contributed by atoms with Crippen molar-refractivity contribution in [3.63, 3.8) is 0 Å². The molecule has 14 rings (SSSR count). The predicted octanol–water partition coefficient (Wildman–Crippen LogP) is 15.2. The van der Waals surface area contributed by atoms with E-state index in [4.69, 9.17) is 0 Å². The minimum absolute atomic E-state index is 0.133. The van der Waals surface area contributed by atoms with Crippen LogP contribution in [0.2, 0.25) is 0 Å². The molecular formula is C70H64B2. The van der Waals surface area contributed by atoms with Crippen molar-refractivity contribution in [3.05, 3.63) is 165 Å². The molecule has 4 aliphatic rings.